The molecule has 2 aromatic rings. The van der Waals surface area contributed by atoms with E-state index in [-0.39, 0.29) is 0 Å². The number of hydrogen-bond acceptors (Lipinski definition) is 3. The fourth-order valence-electron chi connectivity index (χ4n) is 1.09. The normalized spacial score (nSPS) is 9.92. The topological polar surface area (TPSA) is 38.7 Å². The standard InChI is InChI=1S/C10H9N3/c1-8-2-4-9(5-3-8)10-12-6-11-7-13-10/h2-7H,1H3. The van der Waals surface area contributed by atoms with Crippen LogP contribution in [0.1, 0.15) is 5.56 Å². The molecule has 1 aromatic carbocycles. The molecule has 2 rings (SSSR count). The molecule has 0 saturated carbocycles. The summed E-state index contributed by atoms with van der Waals surface area (Å²) in [5, 5.41) is 0. The molecule has 0 saturated heterocycles. The molecule has 1 aromatic heterocycles. The fourth-order valence-corrected chi connectivity index (χ4v) is 1.09. The van der Waals surface area contributed by atoms with E-state index in [2.05, 4.69) is 21.9 Å². The van der Waals surface area contributed by atoms with E-state index < -0.39 is 0 Å². The summed E-state index contributed by atoms with van der Waals surface area (Å²) >= 11 is 0. The number of aromatic nitrogens is 3. The first kappa shape index (κ1) is 7.86. The van der Waals surface area contributed by atoms with Crippen LogP contribution in [-0.4, -0.2) is 15.0 Å². The molecule has 3 heteroatoms. The van der Waals surface area contributed by atoms with Gasteiger partial charge in [-0.1, -0.05) is 29.8 Å². The Labute approximate surface area is 76.5 Å². The van der Waals surface area contributed by atoms with Crippen LogP contribution in [0.15, 0.2) is 36.9 Å². The van der Waals surface area contributed by atoms with Crippen LogP contribution in [0, 0.1) is 6.92 Å². The Kier molecular flexibility index (Phi) is 2.00. The zero-order chi connectivity index (χ0) is 9.10. The SMILES string of the molecule is Cc1ccc(-c2ncncn2)cc1. The van der Waals surface area contributed by atoms with Crippen LogP contribution in [0.25, 0.3) is 11.4 Å². The number of benzene rings is 1. The Morgan fingerprint density at radius 1 is 0.923 bits per heavy atom. The lowest BCUT2D eigenvalue weighted by atomic mass is 10.1. The Balaban J connectivity index is 2.42. The van der Waals surface area contributed by atoms with E-state index >= 15 is 0 Å². The van der Waals surface area contributed by atoms with Crippen molar-refractivity contribution in [1.29, 1.82) is 0 Å². The van der Waals surface area contributed by atoms with E-state index in [0.717, 1.165) is 11.4 Å². The Morgan fingerprint density at radius 3 is 2.15 bits per heavy atom. The van der Waals surface area contributed by atoms with Gasteiger partial charge in [-0.3, -0.25) is 0 Å². The van der Waals surface area contributed by atoms with Gasteiger partial charge in [0.15, 0.2) is 5.82 Å². The van der Waals surface area contributed by atoms with Crippen molar-refractivity contribution in [3.63, 3.8) is 0 Å². The van der Waals surface area contributed by atoms with Gasteiger partial charge in [0, 0.05) is 5.56 Å². The van der Waals surface area contributed by atoms with Crippen LogP contribution in [0.3, 0.4) is 0 Å². The van der Waals surface area contributed by atoms with E-state index in [4.69, 9.17) is 0 Å². The number of rotatable bonds is 1. The number of aryl methyl sites for hydroxylation is 1. The molecular formula is C10H9N3. The molecule has 0 N–H and O–H groups in total. The van der Waals surface area contributed by atoms with Crippen LogP contribution in [0.5, 0.6) is 0 Å². The van der Waals surface area contributed by atoms with Crippen molar-refractivity contribution in [2.75, 3.05) is 0 Å². The van der Waals surface area contributed by atoms with Gasteiger partial charge in [0.2, 0.25) is 0 Å². The summed E-state index contributed by atoms with van der Waals surface area (Å²) in [6.45, 7) is 2.05. The van der Waals surface area contributed by atoms with Crippen molar-refractivity contribution in [3.8, 4) is 11.4 Å². The van der Waals surface area contributed by atoms with Gasteiger partial charge >= 0.3 is 0 Å². The van der Waals surface area contributed by atoms with Gasteiger partial charge in [-0.05, 0) is 6.92 Å². The zero-order valence-electron chi connectivity index (χ0n) is 7.31. The fraction of sp³-hybridized carbons (Fsp3) is 0.100. The first-order chi connectivity index (χ1) is 6.36. The molecule has 13 heavy (non-hydrogen) atoms. The second kappa shape index (κ2) is 3.31. The minimum absolute atomic E-state index is 0.718. The molecule has 1 heterocycles. The highest BCUT2D eigenvalue weighted by Crippen LogP contribution is 2.13. The second-order valence-electron chi connectivity index (χ2n) is 2.83. The van der Waals surface area contributed by atoms with Crippen molar-refractivity contribution < 1.29 is 0 Å². The minimum atomic E-state index is 0.718. The molecule has 0 aliphatic rings. The average Bonchev–Trinajstić information content (AvgIpc) is 2.20. The maximum Gasteiger partial charge on any atom is 0.162 e. The average molecular weight is 171 g/mol. The van der Waals surface area contributed by atoms with Crippen molar-refractivity contribution in [1.82, 2.24) is 15.0 Å². The minimum Gasteiger partial charge on any atom is -0.225 e. The van der Waals surface area contributed by atoms with Gasteiger partial charge in [0.1, 0.15) is 12.7 Å². The highest BCUT2D eigenvalue weighted by molar-refractivity contribution is 5.54. The number of nitrogens with zero attached hydrogens (tertiary/aromatic N) is 3. The third-order valence-corrected chi connectivity index (χ3v) is 1.80. The van der Waals surface area contributed by atoms with Crippen LogP contribution in [0.4, 0.5) is 0 Å². The van der Waals surface area contributed by atoms with Gasteiger partial charge < -0.3 is 0 Å². The molecule has 0 spiro atoms. The summed E-state index contributed by atoms with van der Waals surface area (Å²) in [6.07, 6.45) is 3.00. The monoisotopic (exact) mass is 171 g/mol. The summed E-state index contributed by atoms with van der Waals surface area (Å²) in [7, 11) is 0. The Bertz CT molecular complexity index is 381. The lowest BCUT2D eigenvalue weighted by molar-refractivity contribution is 1.06. The molecule has 0 aliphatic carbocycles. The molecule has 64 valence electrons. The lowest BCUT2D eigenvalue weighted by Crippen LogP contribution is -1.88. The third-order valence-electron chi connectivity index (χ3n) is 1.80. The van der Waals surface area contributed by atoms with Crippen LogP contribution in [0.2, 0.25) is 0 Å². The quantitative estimate of drug-likeness (QED) is 0.657. The summed E-state index contributed by atoms with van der Waals surface area (Å²) in [5.74, 6) is 0.718. The zero-order valence-corrected chi connectivity index (χ0v) is 7.31. The van der Waals surface area contributed by atoms with Gasteiger partial charge in [-0.25, -0.2) is 15.0 Å². The summed E-state index contributed by atoms with van der Waals surface area (Å²) in [6, 6.07) is 8.09. The van der Waals surface area contributed by atoms with E-state index in [1.54, 1.807) is 0 Å². The van der Waals surface area contributed by atoms with Crippen LogP contribution in [-0.2, 0) is 0 Å². The molecule has 0 aliphatic heterocycles. The molecule has 0 atom stereocenters. The van der Waals surface area contributed by atoms with E-state index in [1.165, 1.54) is 18.2 Å². The van der Waals surface area contributed by atoms with E-state index in [1.807, 2.05) is 24.3 Å². The van der Waals surface area contributed by atoms with Gasteiger partial charge in [0.25, 0.3) is 0 Å². The highest BCUT2D eigenvalue weighted by Gasteiger charge is 1.97. The molecule has 0 amide bonds. The maximum atomic E-state index is 4.06. The molecule has 0 radical (unpaired) electrons. The Hall–Kier alpha value is -1.77. The summed E-state index contributed by atoms with van der Waals surface area (Å²) < 4.78 is 0. The highest BCUT2D eigenvalue weighted by atomic mass is 15.0. The number of hydrogen-bond donors (Lipinski definition) is 0. The second-order valence-corrected chi connectivity index (χ2v) is 2.83. The smallest absolute Gasteiger partial charge is 0.162 e. The van der Waals surface area contributed by atoms with Crippen LogP contribution >= 0.6 is 0 Å². The Morgan fingerprint density at radius 2 is 1.54 bits per heavy atom. The van der Waals surface area contributed by atoms with E-state index in [0.29, 0.717) is 0 Å². The molecular weight excluding hydrogens is 162 g/mol. The molecule has 0 bridgehead atoms. The summed E-state index contributed by atoms with van der Waals surface area (Å²) in [4.78, 5) is 11.9. The first-order valence-electron chi connectivity index (χ1n) is 4.05. The predicted molar refractivity (Wildman–Crippen MR) is 50.0 cm³/mol. The van der Waals surface area contributed by atoms with Crippen molar-refractivity contribution in [2.45, 2.75) is 6.92 Å². The molecule has 0 fully saturated rings. The van der Waals surface area contributed by atoms with Crippen molar-refractivity contribution >= 4 is 0 Å². The van der Waals surface area contributed by atoms with Crippen LogP contribution < -0.4 is 0 Å². The summed E-state index contributed by atoms with van der Waals surface area (Å²) in [5.41, 5.74) is 2.26. The van der Waals surface area contributed by atoms with Gasteiger partial charge in [0.05, 0.1) is 0 Å². The van der Waals surface area contributed by atoms with Crippen molar-refractivity contribution in [3.05, 3.63) is 42.5 Å². The maximum absolute atomic E-state index is 4.06. The van der Waals surface area contributed by atoms with Gasteiger partial charge in [-0.15, -0.1) is 0 Å². The van der Waals surface area contributed by atoms with Crippen molar-refractivity contribution in [2.24, 2.45) is 0 Å². The van der Waals surface area contributed by atoms with Gasteiger partial charge in [-0.2, -0.15) is 0 Å². The molecule has 3 nitrogen and oxygen atoms in total. The lowest BCUT2D eigenvalue weighted by Gasteiger charge is -1.98. The molecule has 0 unspecified atom stereocenters. The first-order valence-corrected chi connectivity index (χ1v) is 4.05. The van der Waals surface area contributed by atoms with E-state index in [9.17, 15) is 0 Å². The largest absolute Gasteiger partial charge is 0.225 e. The third kappa shape index (κ3) is 1.69. The predicted octanol–water partition coefficient (Wildman–Crippen LogP) is 1.85.